The fraction of sp³-hybridized carbons (Fsp3) is 0.741. The number of rotatable bonds is 3. The number of fused-ring (bicyclic) bond motifs is 7. The minimum atomic E-state index is -0.469. The zero-order chi connectivity index (χ0) is 22.4. The fourth-order valence-electron chi connectivity index (χ4n) is 9.02. The van der Waals surface area contributed by atoms with Crippen LogP contribution in [0.15, 0.2) is 17.8 Å². The van der Waals surface area contributed by atoms with Crippen LogP contribution in [-0.4, -0.2) is 26.3 Å². The van der Waals surface area contributed by atoms with Crippen LogP contribution in [0.2, 0.25) is 0 Å². The number of carbonyl (C=O) groups is 1. The van der Waals surface area contributed by atoms with Gasteiger partial charge in [0.25, 0.3) is 0 Å². The van der Waals surface area contributed by atoms with Crippen molar-refractivity contribution in [3.05, 3.63) is 29.1 Å². The molecule has 0 amide bonds. The first kappa shape index (κ1) is 20.7. The van der Waals surface area contributed by atoms with Gasteiger partial charge in [0, 0.05) is 11.8 Å². The lowest BCUT2D eigenvalue weighted by Crippen LogP contribution is -2.52. The minimum absolute atomic E-state index is 0.0254. The predicted molar refractivity (Wildman–Crippen MR) is 120 cm³/mol. The largest absolute Gasteiger partial charge is 0.390 e. The number of allylic oxidation sites excluding steroid dienone is 2. The van der Waals surface area contributed by atoms with Crippen LogP contribution < -0.4 is 0 Å². The molecule has 1 N–H and O–H groups in total. The van der Waals surface area contributed by atoms with Gasteiger partial charge in [-0.25, -0.2) is 0 Å². The molecule has 0 aliphatic heterocycles. The van der Waals surface area contributed by atoms with Gasteiger partial charge in [0.05, 0.1) is 23.1 Å². The summed E-state index contributed by atoms with van der Waals surface area (Å²) in [5, 5.41) is 24.2. The molecule has 1 aromatic heterocycles. The Balaban J connectivity index is 1.23. The summed E-state index contributed by atoms with van der Waals surface area (Å²) in [7, 11) is 0. The number of nitriles is 1. The number of hydrogen-bond acceptors (Lipinski definition) is 4. The van der Waals surface area contributed by atoms with E-state index in [1.54, 1.807) is 10.9 Å². The predicted octanol–water partition coefficient (Wildman–Crippen LogP) is 4.43. The highest BCUT2D eigenvalue weighted by Crippen LogP contribution is 2.72. The molecular formula is C27H35N3O2. The minimum Gasteiger partial charge on any atom is -0.390 e. The molecule has 6 rings (SSSR count). The van der Waals surface area contributed by atoms with Crippen molar-refractivity contribution < 1.29 is 9.90 Å². The first-order chi connectivity index (χ1) is 15.2. The normalized spacial score (nSPS) is 46.2. The van der Waals surface area contributed by atoms with Crippen molar-refractivity contribution in [2.24, 2.45) is 46.8 Å². The summed E-state index contributed by atoms with van der Waals surface area (Å²) in [5.41, 5.74) is 2.35. The molecule has 0 radical (unpaired) electrons. The fourth-order valence-corrected chi connectivity index (χ4v) is 9.02. The van der Waals surface area contributed by atoms with Crippen LogP contribution in [0.25, 0.3) is 0 Å². The molecule has 32 heavy (non-hydrogen) atoms. The highest BCUT2D eigenvalue weighted by molar-refractivity contribution is 5.87. The average molecular weight is 434 g/mol. The molecular weight excluding hydrogens is 398 g/mol. The van der Waals surface area contributed by atoms with Gasteiger partial charge in [0.2, 0.25) is 0 Å². The smallest absolute Gasteiger partial charge is 0.161 e. The van der Waals surface area contributed by atoms with Crippen LogP contribution in [0.4, 0.5) is 0 Å². The molecule has 1 aromatic rings. The Bertz CT molecular complexity index is 1050. The van der Waals surface area contributed by atoms with Crippen LogP contribution >= 0.6 is 0 Å². The first-order valence-corrected chi connectivity index (χ1v) is 12.6. The van der Waals surface area contributed by atoms with Crippen LogP contribution in [0.3, 0.4) is 0 Å². The molecule has 5 aliphatic carbocycles. The number of aromatic nitrogens is 2. The lowest BCUT2D eigenvalue weighted by molar-refractivity contribution is -0.133. The molecule has 5 nitrogen and oxygen atoms in total. The molecule has 0 spiro atoms. The Morgan fingerprint density at radius 3 is 2.75 bits per heavy atom. The van der Waals surface area contributed by atoms with Gasteiger partial charge in [-0.05, 0) is 93.8 Å². The second-order valence-electron chi connectivity index (χ2n) is 12.1. The zero-order valence-electron chi connectivity index (χ0n) is 19.6. The van der Waals surface area contributed by atoms with Crippen molar-refractivity contribution >= 4 is 5.78 Å². The summed E-state index contributed by atoms with van der Waals surface area (Å²) in [6.45, 7) is 6.58. The first-order valence-electron chi connectivity index (χ1n) is 12.6. The average Bonchev–Trinajstić information content (AvgIpc) is 3.34. The number of carbonyl (C=O) groups excluding carboxylic acids is 1. The van der Waals surface area contributed by atoms with E-state index < -0.39 is 5.60 Å². The van der Waals surface area contributed by atoms with E-state index in [0.29, 0.717) is 23.3 Å². The topological polar surface area (TPSA) is 78.9 Å². The summed E-state index contributed by atoms with van der Waals surface area (Å²) in [5.74, 6) is 4.42. The Hall–Kier alpha value is -1.93. The van der Waals surface area contributed by atoms with E-state index in [1.807, 2.05) is 13.8 Å². The molecule has 5 heteroatoms. The maximum absolute atomic E-state index is 13.6. The molecule has 170 valence electrons. The van der Waals surface area contributed by atoms with Crippen molar-refractivity contribution in [2.75, 3.05) is 0 Å². The lowest BCUT2D eigenvalue weighted by atomic mass is 9.48. The van der Waals surface area contributed by atoms with Gasteiger partial charge in [-0.2, -0.15) is 10.4 Å². The van der Waals surface area contributed by atoms with Crippen LogP contribution in [0.1, 0.15) is 70.1 Å². The maximum Gasteiger partial charge on any atom is 0.161 e. The number of hydrogen-bond donors (Lipinski definition) is 1. The van der Waals surface area contributed by atoms with Gasteiger partial charge in [0.1, 0.15) is 12.6 Å². The monoisotopic (exact) mass is 433 g/mol. The highest BCUT2D eigenvalue weighted by Gasteiger charge is 2.66. The molecule has 0 unspecified atom stereocenters. The third-order valence-corrected chi connectivity index (χ3v) is 10.4. The van der Waals surface area contributed by atoms with E-state index in [9.17, 15) is 15.2 Å². The number of nitrogens with zero attached hydrogens (tertiary/aromatic N) is 3. The summed E-state index contributed by atoms with van der Waals surface area (Å²) in [6, 6.07) is 2.17. The molecule has 0 bridgehead atoms. The molecule has 9 atom stereocenters. The van der Waals surface area contributed by atoms with E-state index in [-0.39, 0.29) is 23.7 Å². The molecule has 4 fully saturated rings. The Labute approximate surface area is 190 Å². The molecule has 4 saturated carbocycles. The Kier molecular flexibility index (Phi) is 4.39. The van der Waals surface area contributed by atoms with Crippen molar-refractivity contribution in [3.8, 4) is 6.07 Å². The zero-order valence-corrected chi connectivity index (χ0v) is 19.6. The summed E-state index contributed by atoms with van der Waals surface area (Å²) < 4.78 is 1.72. The second kappa shape index (κ2) is 6.79. The van der Waals surface area contributed by atoms with E-state index in [2.05, 4.69) is 24.2 Å². The van der Waals surface area contributed by atoms with Crippen molar-refractivity contribution in [3.63, 3.8) is 0 Å². The number of aliphatic hydroxyl groups is 1. The second-order valence-corrected chi connectivity index (χ2v) is 12.1. The Morgan fingerprint density at radius 1 is 1.22 bits per heavy atom. The summed E-state index contributed by atoms with van der Waals surface area (Å²) in [4.78, 5) is 13.6. The molecule has 5 aliphatic rings. The maximum atomic E-state index is 13.6. The van der Waals surface area contributed by atoms with Crippen LogP contribution in [0, 0.1) is 65.1 Å². The highest BCUT2D eigenvalue weighted by atomic mass is 16.3. The van der Waals surface area contributed by atoms with Gasteiger partial charge < -0.3 is 5.11 Å². The molecule has 0 aromatic carbocycles. The standard InChI is InChI=1S/C27H35N3O2/c1-15-17(12-28)13-29-30(15)14-23(31)25-22-10-21(22)24-20-5-4-16-11-26(2,32)8-6-18(16)19(20)7-9-27(24,25)3/h10,13,16,18-21,24-25,32H,4-9,11,14H2,1-3H3/t16-,18+,19-,20-,21-,24-,25-,26-,27+/m1/s1. The summed E-state index contributed by atoms with van der Waals surface area (Å²) >= 11 is 0. The number of ketones is 1. The van der Waals surface area contributed by atoms with Gasteiger partial charge >= 0.3 is 0 Å². The van der Waals surface area contributed by atoms with Gasteiger partial charge in [0.15, 0.2) is 5.78 Å². The third kappa shape index (κ3) is 2.84. The van der Waals surface area contributed by atoms with Crippen molar-refractivity contribution in [2.45, 2.75) is 77.9 Å². The molecule has 0 saturated heterocycles. The van der Waals surface area contributed by atoms with E-state index in [0.717, 1.165) is 42.7 Å². The van der Waals surface area contributed by atoms with Gasteiger partial charge in [-0.15, -0.1) is 0 Å². The van der Waals surface area contributed by atoms with Crippen LogP contribution in [-0.2, 0) is 11.3 Å². The third-order valence-electron chi connectivity index (χ3n) is 10.4. The molecule has 1 heterocycles. The van der Waals surface area contributed by atoms with Gasteiger partial charge in [-0.1, -0.05) is 18.6 Å². The van der Waals surface area contributed by atoms with Crippen LogP contribution in [0.5, 0.6) is 0 Å². The lowest BCUT2D eigenvalue weighted by Gasteiger charge is -2.57. The summed E-state index contributed by atoms with van der Waals surface area (Å²) in [6.07, 6.45) is 12.0. The van der Waals surface area contributed by atoms with E-state index >= 15 is 0 Å². The SMILES string of the molecule is Cc1c(C#N)cnn1CC(=O)[C@H]1C2=C[C@H]2[C@H]2[C@@H]3CC[C@@H]4C[C@](C)(O)CC[C@@H]4[C@H]3CC[C@]12C. The van der Waals surface area contributed by atoms with E-state index in [4.69, 9.17) is 0 Å². The quantitative estimate of drug-likeness (QED) is 0.715. The van der Waals surface area contributed by atoms with Crippen molar-refractivity contribution in [1.82, 2.24) is 9.78 Å². The van der Waals surface area contributed by atoms with Crippen molar-refractivity contribution in [1.29, 1.82) is 5.26 Å². The van der Waals surface area contributed by atoms with Gasteiger partial charge in [-0.3, -0.25) is 9.48 Å². The van der Waals surface area contributed by atoms with E-state index in [1.165, 1.54) is 31.3 Å². The Morgan fingerprint density at radius 2 is 2.00 bits per heavy atom. The number of Topliss-reactive ketones (excluding diaryl/α,β-unsaturated/α-hetero) is 1.